The minimum atomic E-state index is -4.62. The first-order valence-electron chi connectivity index (χ1n) is 13.1. The molecule has 2 aromatic heterocycles. The predicted octanol–water partition coefficient (Wildman–Crippen LogP) is 5.15. The van der Waals surface area contributed by atoms with Gasteiger partial charge >= 0.3 is 6.18 Å². The van der Waals surface area contributed by atoms with E-state index >= 15 is 0 Å². The smallest absolute Gasteiger partial charge is 0.416 e. The van der Waals surface area contributed by atoms with Crippen molar-refractivity contribution >= 4 is 46.8 Å². The molecule has 43 heavy (non-hydrogen) atoms. The van der Waals surface area contributed by atoms with E-state index < -0.39 is 18.2 Å². The minimum absolute atomic E-state index is 0.0395. The van der Waals surface area contributed by atoms with Crippen LogP contribution in [0.25, 0.3) is 11.2 Å². The zero-order chi connectivity index (χ0) is 30.7. The van der Waals surface area contributed by atoms with Crippen LogP contribution in [0.2, 0.25) is 5.02 Å². The lowest BCUT2D eigenvalue weighted by molar-refractivity contribution is -0.138. The van der Waals surface area contributed by atoms with Crippen LogP contribution in [0.5, 0.6) is 5.75 Å². The van der Waals surface area contributed by atoms with Crippen molar-refractivity contribution in [2.75, 3.05) is 38.0 Å². The van der Waals surface area contributed by atoms with E-state index in [-0.39, 0.29) is 52.5 Å². The van der Waals surface area contributed by atoms with Crippen molar-refractivity contribution in [1.82, 2.24) is 29.7 Å². The van der Waals surface area contributed by atoms with Crippen LogP contribution in [0, 0.1) is 5.41 Å². The average molecular weight is 624 g/mol. The van der Waals surface area contributed by atoms with E-state index in [9.17, 15) is 22.0 Å². The van der Waals surface area contributed by atoms with Gasteiger partial charge in [-0.15, -0.1) is 0 Å². The third-order valence-electron chi connectivity index (χ3n) is 6.95. The molecule has 1 fully saturated rings. The van der Waals surface area contributed by atoms with Crippen LogP contribution in [0.15, 0.2) is 53.2 Å². The number of pyridine rings is 1. The number of alkyl halides is 5. The second kappa shape index (κ2) is 12.7. The molecule has 0 saturated carbocycles. The molecule has 0 spiro atoms. The number of anilines is 2. The molecule has 3 N–H and O–H groups in total. The van der Waals surface area contributed by atoms with Gasteiger partial charge < -0.3 is 25.3 Å². The number of ether oxygens (including phenoxy) is 1. The molecule has 0 unspecified atom stereocenters. The second-order valence-electron chi connectivity index (χ2n) is 9.83. The fourth-order valence-corrected chi connectivity index (χ4v) is 5.09. The Labute approximate surface area is 248 Å². The van der Waals surface area contributed by atoms with Gasteiger partial charge in [0.15, 0.2) is 17.2 Å². The molecule has 0 atom stereocenters. The van der Waals surface area contributed by atoms with Gasteiger partial charge in [-0.1, -0.05) is 17.7 Å². The third kappa shape index (κ3) is 6.95. The zero-order valence-corrected chi connectivity index (χ0v) is 23.6. The molecule has 1 saturated heterocycles. The van der Waals surface area contributed by atoms with Crippen LogP contribution in [0.1, 0.15) is 11.1 Å². The minimum Gasteiger partial charge on any atom is -0.450 e. The Morgan fingerprint density at radius 3 is 2.60 bits per heavy atom. The summed E-state index contributed by atoms with van der Waals surface area (Å²) in [5.41, 5.74) is 0.445. The first-order chi connectivity index (χ1) is 20.5. The van der Waals surface area contributed by atoms with E-state index in [1.807, 2.05) is 4.90 Å². The maximum absolute atomic E-state index is 14.1. The van der Waals surface area contributed by atoms with Crippen LogP contribution in [0.4, 0.5) is 33.6 Å². The number of halogens is 6. The number of fused-ring (bicyclic) bond motifs is 1. The maximum atomic E-state index is 14.1. The number of allylic oxidation sites excluding steroid dienone is 2. The van der Waals surface area contributed by atoms with Gasteiger partial charge in [0.1, 0.15) is 16.2 Å². The Hall–Kier alpha value is -4.08. The van der Waals surface area contributed by atoms with Crippen molar-refractivity contribution in [1.29, 1.82) is 5.41 Å². The van der Waals surface area contributed by atoms with Gasteiger partial charge in [0.2, 0.25) is 5.95 Å². The van der Waals surface area contributed by atoms with Crippen molar-refractivity contribution in [3.8, 4) is 5.75 Å². The lowest BCUT2D eigenvalue weighted by Crippen LogP contribution is -2.47. The first-order valence-corrected chi connectivity index (χ1v) is 13.5. The number of imidazole rings is 1. The van der Waals surface area contributed by atoms with Gasteiger partial charge in [0.25, 0.3) is 6.43 Å². The van der Waals surface area contributed by atoms with Gasteiger partial charge in [-0.05, 0) is 17.7 Å². The molecule has 5 rings (SSSR count). The summed E-state index contributed by atoms with van der Waals surface area (Å²) in [6.45, 7) is 1.21. The number of piperazine rings is 1. The highest BCUT2D eigenvalue weighted by molar-refractivity contribution is 6.36. The predicted molar refractivity (Wildman–Crippen MR) is 153 cm³/mol. The number of hydrogen-bond donors (Lipinski definition) is 3. The quantitative estimate of drug-likeness (QED) is 0.172. The topological polar surface area (TPSA) is 107 Å². The van der Waals surface area contributed by atoms with Crippen molar-refractivity contribution in [2.24, 2.45) is 12.0 Å². The Balaban J connectivity index is 1.36. The van der Waals surface area contributed by atoms with Crippen LogP contribution in [-0.2, 0) is 19.8 Å². The van der Waals surface area contributed by atoms with Crippen molar-refractivity contribution in [2.45, 2.75) is 19.1 Å². The van der Waals surface area contributed by atoms with Crippen LogP contribution < -0.4 is 15.4 Å². The Morgan fingerprint density at radius 2 is 1.95 bits per heavy atom. The number of rotatable bonds is 9. The van der Waals surface area contributed by atoms with E-state index in [1.165, 1.54) is 35.3 Å². The largest absolute Gasteiger partial charge is 0.450 e. The fourth-order valence-electron chi connectivity index (χ4n) is 4.79. The Bertz CT molecular complexity index is 1590. The average Bonchev–Trinajstić information content (AvgIpc) is 3.29. The summed E-state index contributed by atoms with van der Waals surface area (Å²) in [5, 5.41) is 13.7. The lowest BCUT2D eigenvalue weighted by Gasteiger charge is -2.34. The molecule has 0 aliphatic carbocycles. The molecule has 1 aromatic carbocycles. The summed E-state index contributed by atoms with van der Waals surface area (Å²) >= 11 is 6.62. The molecule has 2 aliphatic heterocycles. The fraction of sp³-hybridized carbons (Fsp3) is 0.333. The molecular formula is C27H27ClF5N9O. The molecule has 0 bridgehead atoms. The van der Waals surface area contributed by atoms with Gasteiger partial charge in [-0.25, -0.2) is 13.8 Å². The summed E-state index contributed by atoms with van der Waals surface area (Å²) in [5.74, 6) is 0.458. The number of aromatic nitrogens is 3. The standard InChI is InChI=1S/C27H27ClF5N9O/c1-40-24-23(28)21(43-20(11-34)19-12-35-4-5-36-19)13-37-25(24)39-26(40)38-17-3-2-16(18(10-17)27(31,32)33)14-41-6-8-42(9-7-41)15-22(29)30/h2-5,10-13,22,34,36H,6-9,14-15H2,1H3,(H,37,38,39)/b20-19+,34-11?. The SMILES string of the molecule is Cn1c(Nc2ccc(CN3CCN(CC(F)F)CC3)c(C(F)(F)F)c2)nc2ncc(O/C(C=N)=C3\C=NC=CN3)c(Cl)c21. The number of aryl methyl sites for hydroxylation is 1. The highest BCUT2D eigenvalue weighted by Crippen LogP contribution is 2.37. The molecule has 4 heterocycles. The summed E-state index contributed by atoms with van der Waals surface area (Å²) in [7, 11) is 1.62. The molecular weight excluding hydrogens is 597 g/mol. The maximum Gasteiger partial charge on any atom is 0.416 e. The zero-order valence-electron chi connectivity index (χ0n) is 22.8. The molecule has 228 valence electrons. The normalized spacial score (nSPS) is 17.4. The monoisotopic (exact) mass is 623 g/mol. The second-order valence-corrected chi connectivity index (χ2v) is 10.2. The summed E-state index contributed by atoms with van der Waals surface area (Å²) in [6.07, 6.45) is -0.167. The van der Waals surface area contributed by atoms with E-state index in [0.29, 0.717) is 37.4 Å². The van der Waals surface area contributed by atoms with Gasteiger partial charge in [-0.2, -0.15) is 18.2 Å². The van der Waals surface area contributed by atoms with E-state index in [2.05, 4.69) is 25.6 Å². The van der Waals surface area contributed by atoms with Crippen LogP contribution in [0.3, 0.4) is 0 Å². The lowest BCUT2D eigenvalue weighted by atomic mass is 10.0. The molecule has 0 radical (unpaired) electrons. The molecule has 0 amide bonds. The summed E-state index contributed by atoms with van der Waals surface area (Å²) < 4.78 is 75.0. The molecule has 16 heteroatoms. The van der Waals surface area contributed by atoms with Gasteiger partial charge in [0.05, 0.1) is 30.7 Å². The van der Waals surface area contributed by atoms with Crippen LogP contribution >= 0.6 is 11.6 Å². The number of benzene rings is 1. The number of hydrogen-bond acceptors (Lipinski definition) is 9. The van der Waals surface area contributed by atoms with E-state index in [1.54, 1.807) is 18.1 Å². The number of nitrogens with zero attached hydrogens (tertiary/aromatic N) is 6. The number of aliphatic imine (C=N–C) groups is 1. The van der Waals surface area contributed by atoms with Crippen molar-refractivity contribution < 1.29 is 26.7 Å². The summed E-state index contributed by atoms with van der Waals surface area (Å²) in [4.78, 5) is 16.1. The third-order valence-corrected chi connectivity index (χ3v) is 7.32. The molecule has 2 aliphatic rings. The Kier molecular flexibility index (Phi) is 8.94. The molecule has 3 aromatic rings. The van der Waals surface area contributed by atoms with Gasteiger partial charge in [0, 0.05) is 57.9 Å². The van der Waals surface area contributed by atoms with Crippen molar-refractivity contribution in [3.63, 3.8) is 0 Å². The number of nitrogens with one attached hydrogen (secondary N) is 3. The van der Waals surface area contributed by atoms with Crippen LogP contribution in [-0.4, -0.2) is 75.9 Å². The van der Waals surface area contributed by atoms with Gasteiger partial charge in [-0.3, -0.25) is 14.8 Å². The first kappa shape index (κ1) is 30.4. The highest BCUT2D eigenvalue weighted by atomic mass is 35.5. The highest BCUT2D eigenvalue weighted by Gasteiger charge is 2.34. The summed E-state index contributed by atoms with van der Waals surface area (Å²) in [6, 6.07) is 3.94. The Morgan fingerprint density at radius 1 is 1.21 bits per heavy atom. The van der Waals surface area contributed by atoms with Crippen molar-refractivity contribution in [3.05, 3.63) is 64.4 Å². The molecule has 10 nitrogen and oxygen atoms in total. The van der Waals surface area contributed by atoms with E-state index in [4.69, 9.17) is 21.7 Å². The van der Waals surface area contributed by atoms with E-state index in [0.717, 1.165) is 12.3 Å².